The molecule has 1 saturated heterocycles. The number of ether oxygens (including phenoxy) is 2. The smallest absolute Gasteiger partial charge is 0.191 e. The van der Waals surface area contributed by atoms with Gasteiger partial charge in [-0.25, -0.2) is 0 Å². The Morgan fingerprint density at radius 3 is 2.56 bits per heavy atom. The van der Waals surface area contributed by atoms with Crippen molar-refractivity contribution < 1.29 is 14.3 Å². The highest BCUT2D eigenvalue weighted by atomic mass is 16.7. The van der Waals surface area contributed by atoms with Gasteiger partial charge in [-0.15, -0.1) is 0 Å². The second-order valence-corrected chi connectivity index (χ2v) is 5.57. The highest BCUT2D eigenvalue weighted by Crippen LogP contribution is 2.40. The molecule has 1 spiro atoms. The fraction of sp³-hybridized carbons (Fsp3) is 0.769. The maximum Gasteiger partial charge on any atom is 0.191 e. The summed E-state index contributed by atoms with van der Waals surface area (Å²) < 4.78 is 11.8. The molecule has 0 bridgehead atoms. The standard InChI is InChI=1S/C13H20O3/c1-4-10-7-11(14)5-6-13(10)15-8-12(2,3)9-16-13/h5-6,10H,4,7-9H2,1-3H3. The van der Waals surface area contributed by atoms with E-state index in [2.05, 4.69) is 20.8 Å². The molecule has 1 unspecified atom stereocenters. The molecule has 16 heavy (non-hydrogen) atoms. The molecule has 0 aromatic carbocycles. The maximum absolute atomic E-state index is 11.4. The quantitative estimate of drug-likeness (QED) is 0.685. The van der Waals surface area contributed by atoms with Crippen LogP contribution in [0.2, 0.25) is 0 Å². The van der Waals surface area contributed by atoms with Crippen LogP contribution in [0, 0.1) is 11.3 Å². The number of hydrogen-bond donors (Lipinski definition) is 0. The third-order valence-corrected chi connectivity index (χ3v) is 3.39. The van der Waals surface area contributed by atoms with Crippen LogP contribution in [0.1, 0.15) is 33.6 Å². The van der Waals surface area contributed by atoms with E-state index in [1.165, 1.54) is 0 Å². The van der Waals surface area contributed by atoms with Gasteiger partial charge in [0.1, 0.15) is 0 Å². The third kappa shape index (κ3) is 2.06. The van der Waals surface area contributed by atoms with Gasteiger partial charge < -0.3 is 9.47 Å². The molecule has 2 rings (SSSR count). The first-order chi connectivity index (χ1) is 7.47. The molecule has 1 heterocycles. The van der Waals surface area contributed by atoms with Gasteiger partial charge >= 0.3 is 0 Å². The van der Waals surface area contributed by atoms with Gasteiger partial charge in [0.05, 0.1) is 13.2 Å². The molecule has 1 aliphatic heterocycles. The Hall–Kier alpha value is -0.670. The molecule has 0 aromatic heterocycles. The zero-order valence-electron chi connectivity index (χ0n) is 10.3. The van der Waals surface area contributed by atoms with Crippen molar-refractivity contribution in [3.8, 4) is 0 Å². The summed E-state index contributed by atoms with van der Waals surface area (Å²) >= 11 is 0. The van der Waals surface area contributed by atoms with Crippen LogP contribution in [-0.4, -0.2) is 24.8 Å². The number of rotatable bonds is 1. The predicted molar refractivity (Wildman–Crippen MR) is 61.0 cm³/mol. The monoisotopic (exact) mass is 224 g/mol. The lowest BCUT2D eigenvalue weighted by molar-refractivity contribution is -0.297. The molecule has 3 nitrogen and oxygen atoms in total. The largest absolute Gasteiger partial charge is 0.345 e. The van der Waals surface area contributed by atoms with Crippen molar-refractivity contribution in [1.29, 1.82) is 0 Å². The Morgan fingerprint density at radius 1 is 1.38 bits per heavy atom. The summed E-state index contributed by atoms with van der Waals surface area (Å²) in [6.07, 6.45) is 4.84. The zero-order chi connectivity index (χ0) is 11.8. The van der Waals surface area contributed by atoms with Gasteiger partial charge in [0.25, 0.3) is 0 Å². The highest BCUT2D eigenvalue weighted by Gasteiger charge is 2.46. The molecular weight excluding hydrogens is 204 g/mol. The van der Waals surface area contributed by atoms with E-state index in [0.29, 0.717) is 19.6 Å². The second-order valence-electron chi connectivity index (χ2n) is 5.57. The molecular formula is C13H20O3. The van der Waals surface area contributed by atoms with Crippen molar-refractivity contribution in [3.05, 3.63) is 12.2 Å². The normalized spacial score (nSPS) is 31.9. The predicted octanol–water partition coefficient (Wildman–Crippen LogP) is 2.31. The highest BCUT2D eigenvalue weighted by molar-refractivity contribution is 5.91. The lowest BCUT2D eigenvalue weighted by Gasteiger charge is -2.46. The van der Waals surface area contributed by atoms with E-state index < -0.39 is 5.79 Å². The summed E-state index contributed by atoms with van der Waals surface area (Å²) in [4.78, 5) is 11.4. The average molecular weight is 224 g/mol. The fourth-order valence-electron chi connectivity index (χ4n) is 2.26. The summed E-state index contributed by atoms with van der Waals surface area (Å²) in [5.41, 5.74) is 0.0683. The lowest BCUT2D eigenvalue weighted by Crippen LogP contribution is -2.52. The molecule has 0 amide bonds. The minimum atomic E-state index is -0.641. The number of carbonyl (C=O) groups excluding carboxylic acids is 1. The summed E-state index contributed by atoms with van der Waals surface area (Å²) in [7, 11) is 0. The first-order valence-corrected chi connectivity index (χ1v) is 5.97. The topological polar surface area (TPSA) is 35.5 Å². The van der Waals surface area contributed by atoms with E-state index in [9.17, 15) is 4.79 Å². The Morgan fingerprint density at radius 2 is 2.00 bits per heavy atom. The number of hydrogen-bond acceptors (Lipinski definition) is 3. The molecule has 1 aliphatic carbocycles. The number of allylic oxidation sites excluding steroid dienone is 1. The van der Waals surface area contributed by atoms with Crippen molar-refractivity contribution in [3.63, 3.8) is 0 Å². The SMILES string of the molecule is CCC1CC(=O)C=CC12OCC(C)(C)CO2. The van der Waals surface area contributed by atoms with Crippen LogP contribution in [0.5, 0.6) is 0 Å². The molecule has 90 valence electrons. The van der Waals surface area contributed by atoms with E-state index in [0.717, 1.165) is 6.42 Å². The van der Waals surface area contributed by atoms with Gasteiger partial charge in [-0.3, -0.25) is 4.79 Å². The average Bonchev–Trinajstić information content (AvgIpc) is 2.25. The molecule has 3 heteroatoms. The van der Waals surface area contributed by atoms with Gasteiger partial charge in [-0.1, -0.05) is 20.8 Å². The van der Waals surface area contributed by atoms with Crippen LogP contribution in [0.25, 0.3) is 0 Å². The van der Waals surface area contributed by atoms with Gasteiger partial charge in [0.2, 0.25) is 0 Å². The summed E-state index contributed by atoms with van der Waals surface area (Å²) in [5.74, 6) is -0.311. The third-order valence-electron chi connectivity index (χ3n) is 3.39. The second kappa shape index (κ2) is 3.97. The number of carbonyl (C=O) groups is 1. The van der Waals surface area contributed by atoms with Crippen LogP contribution in [-0.2, 0) is 14.3 Å². The fourth-order valence-corrected chi connectivity index (χ4v) is 2.26. The first kappa shape index (κ1) is 11.8. The van der Waals surface area contributed by atoms with Crippen molar-refractivity contribution in [2.45, 2.75) is 39.4 Å². The Labute approximate surface area is 96.8 Å². The summed E-state index contributed by atoms with van der Waals surface area (Å²) in [5, 5.41) is 0. The molecule has 1 atom stereocenters. The molecule has 0 N–H and O–H groups in total. The molecule has 1 fully saturated rings. The van der Waals surface area contributed by atoms with Gasteiger partial charge in [0, 0.05) is 17.8 Å². The van der Waals surface area contributed by atoms with Gasteiger partial charge in [0.15, 0.2) is 11.6 Å². The maximum atomic E-state index is 11.4. The Balaban J connectivity index is 2.18. The van der Waals surface area contributed by atoms with Crippen LogP contribution in [0.3, 0.4) is 0 Å². The van der Waals surface area contributed by atoms with E-state index in [1.807, 2.05) is 6.08 Å². The Kier molecular flexibility index (Phi) is 2.93. The van der Waals surface area contributed by atoms with Crippen LogP contribution in [0.4, 0.5) is 0 Å². The molecule has 0 radical (unpaired) electrons. The molecule has 2 aliphatic rings. The van der Waals surface area contributed by atoms with Crippen molar-refractivity contribution in [1.82, 2.24) is 0 Å². The van der Waals surface area contributed by atoms with Crippen molar-refractivity contribution >= 4 is 5.78 Å². The van der Waals surface area contributed by atoms with Gasteiger partial charge in [-0.05, 0) is 18.6 Å². The first-order valence-electron chi connectivity index (χ1n) is 5.97. The Bertz CT molecular complexity index is 307. The van der Waals surface area contributed by atoms with E-state index in [1.54, 1.807) is 6.08 Å². The van der Waals surface area contributed by atoms with E-state index in [-0.39, 0.29) is 17.1 Å². The lowest BCUT2D eigenvalue weighted by atomic mass is 9.83. The van der Waals surface area contributed by atoms with Crippen molar-refractivity contribution in [2.75, 3.05) is 13.2 Å². The summed E-state index contributed by atoms with van der Waals surface area (Å²) in [6, 6.07) is 0. The minimum Gasteiger partial charge on any atom is -0.345 e. The van der Waals surface area contributed by atoms with Crippen LogP contribution in [0.15, 0.2) is 12.2 Å². The van der Waals surface area contributed by atoms with E-state index in [4.69, 9.17) is 9.47 Å². The zero-order valence-corrected chi connectivity index (χ0v) is 10.3. The van der Waals surface area contributed by atoms with E-state index >= 15 is 0 Å². The number of ketones is 1. The van der Waals surface area contributed by atoms with Crippen LogP contribution < -0.4 is 0 Å². The van der Waals surface area contributed by atoms with Gasteiger partial charge in [-0.2, -0.15) is 0 Å². The van der Waals surface area contributed by atoms with Crippen LogP contribution >= 0.6 is 0 Å². The molecule has 0 saturated carbocycles. The van der Waals surface area contributed by atoms with Crippen molar-refractivity contribution in [2.24, 2.45) is 11.3 Å². The molecule has 0 aromatic rings. The minimum absolute atomic E-state index is 0.0683. The summed E-state index contributed by atoms with van der Waals surface area (Å²) in [6.45, 7) is 7.69.